The Morgan fingerprint density at radius 3 is 3.00 bits per heavy atom. The van der Waals surface area contributed by atoms with Crippen LogP contribution in [0.2, 0.25) is 0 Å². The Kier molecular flexibility index (Phi) is 5.11. The number of nitrogens with one attached hydrogen (secondary N) is 2. The quantitative estimate of drug-likeness (QED) is 0.645. The number of carbonyl (C=O) groups excluding carboxylic acids is 1. The lowest BCUT2D eigenvalue weighted by Gasteiger charge is -2.01. The van der Waals surface area contributed by atoms with Gasteiger partial charge in [0.1, 0.15) is 5.82 Å². The van der Waals surface area contributed by atoms with E-state index in [9.17, 15) is 9.18 Å². The van der Waals surface area contributed by atoms with Gasteiger partial charge in [0, 0.05) is 39.5 Å². The van der Waals surface area contributed by atoms with Gasteiger partial charge in [0.15, 0.2) is 0 Å². The van der Waals surface area contributed by atoms with Crippen LogP contribution in [-0.2, 0) is 17.6 Å². The molecule has 0 fully saturated rings. The standard InChI is InChI=1S/C19H19FN2OS/c1-2-15-4-5-16(24-15)6-8-19(23)21-10-9-13-12-22-18-7-3-14(20)11-17(13)18/h3-8,11-12,22H,2,9-10H2,1H3,(H,21,23). The van der Waals surface area contributed by atoms with Crippen LogP contribution in [0.4, 0.5) is 4.39 Å². The molecule has 3 rings (SSSR count). The van der Waals surface area contributed by atoms with E-state index in [4.69, 9.17) is 0 Å². The molecule has 0 atom stereocenters. The predicted octanol–water partition coefficient (Wildman–Crippen LogP) is 4.30. The number of aromatic amines is 1. The molecule has 2 aromatic heterocycles. The van der Waals surface area contributed by atoms with Crippen LogP contribution in [0.15, 0.2) is 42.6 Å². The molecule has 0 saturated carbocycles. The van der Waals surface area contributed by atoms with Gasteiger partial charge in [-0.2, -0.15) is 0 Å². The fraction of sp³-hybridized carbons (Fsp3) is 0.211. The number of fused-ring (bicyclic) bond motifs is 1. The summed E-state index contributed by atoms with van der Waals surface area (Å²) >= 11 is 1.69. The maximum atomic E-state index is 13.3. The van der Waals surface area contributed by atoms with Gasteiger partial charge in [0.05, 0.1) is 0 Å². The topological polar surface area (TPSA) is 44.9 Å². The van der Waals surface area contributed by atoms with Crippen LogP contribution in [0.25, 0.3) is 17.0 Å². The zero-order valence-corrected chi connectivity index (χ0v) is 14.3. The third-order valence-corrected chi connectivity index (χ3v) is 5.05. The van der Waals surface area contributed by atoms with E-state index in [1.54, 1.807) is 23.5 Å². The van der Waals surface area contributed by atoms with Gasteiger partial charge >= 0.3 is 0 Å². The van der Waals surface area contributed by atoms with Crippen molar-refractivity contribution in [1.82, 2.24) is 10.3 Å². The molecule has 5 heteroatoms. The minimum absolute atomic E-state index is 0.118. The number of carbonyl (C=O) groups is 1. The van der Waals surface area contributed by atoms with Gasteiger partial charge in [-0.1, -0.05) is 6.92 Å². The highest BCUT2D eigenvalue weighted by Gasteiger charge is 2.05. The summed E-state index contributed by atoms with van der Waals surface area (Å²) in [5.41, 5.74) is 1.90. The lowest BCUT2D eigenvalue weighted by molar-refractivity contribution is -0.116. The largest absolute Gasteiger partial charge is 0.361 e. The normalized spacial score (nSPS) is 11.4. The van der Waals surface area contributed by atoms with Crippen LogP contribution < -0.4 is 5.32 Å². The number of hydrogen-bond acceptors (Lipinski definition) is 2. The number of amides is 1. The molecular formula is C19H19FN2OS. The third-order valence-electron chi connectivity index (χ3n) is 3.85. The summed E-state index contributed by atoms with van der Waals surface area (Å²) in [4.78, 5) is 17.4. The van der Waals surface area contributed by atoms with Crippen LogP contribution in [0.5, 0.6) is 0 Å². The van der Waals surface area contributed by atoms with E-state index in [1.807, 2.05) is 18.3 Å². The van der Waals surface area contributed by atoms with Crippen molar-refractivity contribution in [3.05, 3.63) is 63.7 Å². The lowest BCUT2D eigenvalue weighted by atomic mass is 10.1. The molecule has 0 saturated heterocycles. The van der Waals surface area contributed by atoms with Crippen LogP contribution >= 0.6 is 11.3 Å². The van der Waals surface area contributed by atoms with Crippen molar-refractivity contribution in [2.75, 3.05) is 6.54 Å². The van der Waals surface area contributed by atoms with Crippen LogP contribution in [0, 0.1) is 5.82 Å². The van der Waals surface area contributed by atoms with E-state index in [1.165, 1.54) is 17.0 Å². The van der Waals surface area contributed by atoms with Crippen molar-refractivity contribution in [2.24, 2.45) is 0 Å². The Morgan fingerprint density at radius 2 is 2.21 bits per heavy atom. The highest BCUT2D eigenvalue weighted by molar-refractivity contribution is 7.12. The molecule has 3 nitrogen and oxygen atoms in total. The average molecular weight is 342 g/mol. The van der Waals surface area contributed by atoms with Crippen molar-refractivity contribution < 1.29 is 9.18 Å². The first kappa shape index (κ1) is 16.5. The minimum atomic E-state index is -0.252. The monoisotopic (exact) mass is 342 g/mol. The summed E-state index contributed by atoms with van der Waals surface area (Å²) in [6, 6.07) is 8.78. The van der Waals surface area contributed by atoms with E-state index >= 15 is 0 Å². The predicted molar refractivity (Wildman–Crippen MR) is 97.7 cm³/mol. The molecule has 1 amide bonds. The summed E-state index contributed by atoms with van der Waals surface area (Å²) in [5.74, 6) is -0.370. The van der Waals surface area contributed by atoms with Gasteiger partial charge in [0.25, 0.3) is 0 Å². The number of aryl methyl sites for hydroxylation is 1. The van der Waals surface area contributed by atoms with Gasteiger partial charge < -0.3 is 10.3 Å². The van der Waals surface area contributed by atoms with Gasteiger partial charge in [0.2, 0.25) is 5.91 Å². The number of aromatic nitrogens is 1. The molecule has 2 heterocycles. The van der Waals surface area contributed by atoms with Crippen LogP contribution in [-0.4, -0.2) is 17.4 Å². The fourth-order valence-electron chi connectivity index (χ4n) is 2.57. The molecular weight excluding hydrogens is 323 g/mol. The van der Waals surface area contributed by atoms with Gasteiger partial charge in [-0.15, -0.1) is 11.3 Å². The van der Waals surface area contributed by atoms with Crippen LogP contribution in [0.1, 0.15) is 22.2 Å². The Bertz CT molecular complexity index is 879. The molecule has 124 valence electrons. The number of halogens is 1. The van der Waals surface area contributed by atoms with Crippen molar-refractivity contribution in [3.8, 4) is 0 Å². The zero-order valence-electron chi connectivity index (χ0n) is 13.4. The van der Waals surface area contributed by atoms with Gasteiger partial charge in [-0.25, -0.2) is 4.39 Å². The number of hydrogen-bond donors (Lipinski definition) is 2. The van der Waals surface area contributed by atoms with Crippen molar-refractivity contribution >= 4 is 34.2 Å². The fourth-order valence-corrected chi connectivity index (χ4v) is 3.42. The molecule has 2 N–H and O–H groups in total. The van der Waals surface area contributed by atoms with Crippen LogP contribution in [0.3, 0.4) is 0 Å². The van der Waals surface area contributed by atoms with Crippen molar-refractivity contribution in [2.45, 2.75) is 19.8 Å². The summed E-state index contributed by atoms with van der Waals surface area (Å²) in [7, 11) is 0. The lowest BCUT2D eigenvalue weighted by Crippen LogP contribution is -2.23. The molecule has 24 heavy (non-hydrogen) atoms. The van der Waals surface area contributed by atoms with E-state index in [-0.39, 0.29) is 11.7 Å². The second-order valence-electron chi connectivity index (χ2n) is 5.54. The molecule has 0 aliphatic carbocycles. The average Bonchev–Trinajstić information content (AvgIpc) is 3.20. The maximum Gasteiger partial charge on any atom is 0.244 e. The highest BCUT2D eigenvalue weighted by Crippen LogP contribution is 2.20. The van der Waals surface area contributed by atoms with E-state index < -0.39 is 0 Å². The first-order valence-corrected chi connectivity index (χ1v) is 8.77. The number of H-pyrrole nitrogens is 1. The molecule has 0 radical (unpaired) electrons. The van der Waals surface area contributed by atoms with Gasteiger partial charge in [-0.3, -0.25) is 4.79 Å². The number of benzene rings is 1. The highest BCUT2D eigenvalue weighted by atomic mass is 32.1. The molecule has 0 bridgehead atoms. The summed E-state index contributed by atoms with van der Waals surface area (Å²) in [6.45, 7) is 2.62. The van der Waals surface area contributed by atoms with Crippen molar-refractivity contribution in [1.29, 1.82) is 0 Å². The summed E-state index contributed by atoms with van der Waals surface area (Å²) < 4.78 is 13.3. The second kappa shape index (κ2) is 7.45. The molecule has 0 spiro atoms. The second-order valence-corrected chi connectivity index (χ2v) is 6.74. The van der Waals surface area contributed by atoms with Gasteiger partial charge in [-0.05, 0) is 54.8 Å². The SMILES string of the molecule is CCc1ccc(C=CC(=O)NCCc2c[nH]c3ccc(F)cc23)s1. The van der Waals surface area contributed by atoms with E-state index in [0.717, 1.165) is 27.8 Å². The third kappa shape index (κ3) is 3.92. The Hall–Kier alpha value is -2.40. The first-order valence-electron chi connectivity index (χ1n) is 7.96. The van der Waals surface area contributed by atoms with E-state index in [0.29, 0.717) is 13.0 Å². The van der Waals surface area contributed by atoms with E-state index in [2.05, 4.69) is 23.3 Å². The van der Waals surface area contributed by atoms with Crippen molar-refractivity contribution in [3.63, 3.8) is 0 Å². The summed E-state index contributed by atoms with van der Waals surface area (Å²) in [6.07, 6.45) is 6.92. The first-order chi connectivity index (χ1) is 11.7. The molecule has 0 unspecified atom stereocenters. The summed E-state index contributed by atoms with van der Waals surface area (Å²) in [5, 5.41) is 3.73. The zero-order chi connectivity index (χ0) is 16.9. The molecule has 3 aromatic rings. The number of thiophene rings is 1. The maximum absolute atomic E-state index is 13.3. The Morgan fingerprint density at radius 1 is 1.33 bits per heavy atom. The molecule has 1 aromatic carbocycles. The Balaban J connectivity index is 1.53. The molecule has 0 aliphatic rings. The minimum Gasteiger partial charge on any atom is -0.361 e. The smallest absolute Gasteiger partial charge is 0.244 e. The molecule has 0 aliphatic heterocycles. The Labute approximate surface area is 144 Å². The number of rotatable bonds is 6.